The first-order valence-electron chi connectivity index (χ1n) is 12.3. The van der Waals surface area contributed by atoms with Crippen molar-refractivity contribution in [2.24, 2.45) is 11.7 Å². The third-order valence-corrected chi connectivity index (χ3v) is 5.98. The molecule has 0 unspecified atom stereocenters. The molecule has 0 aromatic heterocycles. The zero-order chi connectivity index (χ0) is 25.7. The highest BCUT2D eigenvalue weighted by molar-refractivity contribution is 5.96. The first kappa shape index (κ1) is 29.2. The Hall–Kier alpha value is -2.85. The van der Waals surface area contributed by atoms with Gasteiger partial charge in [0, 0.05) is 19.0 Å². The molecule has 1 aliphatic rings. The van der Waals surface area contributed by atoms with E-state index in [1.807, 2.05) is 6.92 Å². The number of carbonyl (C=O) groups is 4. The fourth-order valence-electron chi connectivity index (χ4n) is 3.68. The van der Waals surface area contributed by atoms with E-state index < -0.39 is 29.4 Å². The summed E-state index contributed by atoms with van der Waals surface area (Å²) in [7, 11) is 0. The minimum atomic E-state index is -1.17. The van der Waals surface area contributed by atoms with E-state index in [-0.39, 0.29) is 30.1 Å². The van der Waals surface area contributed by atoms with Crippen LogP contribution in [0.5, 0.6) is 0 Å². The van der Waals surface area contributed by atoms with Crippen LogP contribution in [-0.2, 0) is 19.2 Å². The average Bonchev–Trinajstić information content (AvgIpc) is 2.77. The maximum absolute atomic E-state index is 13.4. The Labute approximate surface area is 202 Å². The molecule has 0 aromatic rings. The molecule has 0 saturated carbocycles. The van der Waals surface area contributed by atoms with Crippen molar-refractivity contribution in [3.8, 4) is 0 Å². The summed E-state index contributed by atoms with van der Waals surface area (Å²) >= 11 is 0. The minimum Gasteiger partial charge on any atom is -0.370 e. The van der Waals surface area contributed by atoms with E-state index in [0.717, 1.165) is 19.3 Å². The highest BCUT2D eigenvalue weighted by Gasteiger charge is 2.37. The second-order valence-electron chi connectivity index (χ2n) is 9.41. The van der Waals surface area contributed by atoms with E-state index in [1.54, 1.807) is 20.8 Å². The fraction of sp³-hybridized carbons (Fsp3) is 0.783. The predicted octanol–water partition coefficient (Wildman–Crippen LogP) is 0.240. The van der Waals surface area contributed by atoms with Crippen LogP contribution >= 0.6 is 0 Å². The Morgan fingerprint density at radius 2 is 1.79 bits per heavy atom. The van der Waals surface area contributed by atoms with Gasteiger partial charge in [0.25, 0.3) is 0 Å². The molecule has 1 rings (SSSR count). The summed E-state index contributed by atoms with van der Waals surface area (Å²) in [5.41, 5.74) is 4.14. The molecule has 0 spiro atoms. The molecule has 0 aliphatic carbocycles. The smallest absolute Gasteiger partial charge is 0.246 e. The zero-order valence-corrected chi connectivity index (χ0v) is 21.0. The molecule has 0 aromatic carbocycles. The number of guanidine groups is 1. The van der Waals surface area contributed by atoms with Gasteiger partial charge in [-0.05, 0) is 39.0 Å². The van der Waals surface area contributed by atoms with E-state index in [9.17, 15) is 19.2 Å². The molecule has 0 bridgehead atoms. The minimum absolute atomic E-state index is 0.178. The molecule has 1 heterocycles. The van der Waals surface area contributed by atoms with Crippen molar-refractivity contribution in [3.63, 3.8) is 0 Å². The van der Waals surface area contributed by atoms with Crippen molar-refractivity contribution < 1.29 is 19.2 Å². The first-order valence-corrected chi connectivity index (χ1v) is 12.3. The lowest BCUT2D eigenvalue weighted by atomic mass is 9.91. The highest BCUT2D eigenvalue weighted by atomic mass is 16.2. The summed E-state index contributed by atoms with van der Waals surface area (Å²) in [6.07, 6.45) is 4.81. The molecule has 194 valence electrons. The van der Waals surface area contributed by atoms with Crippen LogP contribution in [0.1, 0.15) is 79.1 Å². The van der Waals surface area contributed by atoms with Gasteiger partial charge < -0.3 is 32.3 Å². The Balaban J connectivity index is 3.14. The van der Waals surface area contributed by atoms with Gasteiger partial charge in [-0.25, -0.2) is 0 Å². The van der Waals surface area contributed by atoms with Crippen LogP contribution in [0.4, 0.5) is 0 Å². The van der Waals surface area contributed by atoms with Gasteiger partial charge in [0.2, 0.25) is 23.6 Å². The summed E-state index contributed by atoms with van der Waals surface area (Å²) < 4.78 is 0. The molecule has 34 heavy (non-hydrogen) atoms. The largest absolute Gasteiger partial charge is 0.370 e. The fourth-order valence-corrected chi connectivity index (χ4v) is 3.68. The van der Waals surface area contributed by atoms with Crippen LogP contribution in [0, 0.1) is 11.3 Å². The molecule has 3 atom stereocenters. The lowest BCUT2D eigenvalue weighted by Crippen LogP contribution is -2.61. The van der Waals surface area contributed by atoms with E-state index in [4.69, 9.17) is 11.1 Å². The lowest BCUT2D eigenvalue weighted by molar-refractivity contribution is -0.137. The van der Waals surface area contributed by atoms with Gasteiger partial charge in [-0.2, -0.15) is 0 Å². The maximum Gasteiger partial charge on any atom is 0.246 e. The van der Waals surface area contributed by atoms with Gasteiger partial charge in [0.1, 0.15) is 17.6 Å². The normalized spacial score (nSPS) is 25.3. The van der Waals surface area contributed by atoms with Crippen LogP contribution in [0.15, 0.2) is 0 Å². The molecule has 4 amide bonds. The van der Waals surface area contributed by atoms with Crippen molar-refractivity contribution in [1.29, 1.82) is 5.41 Å². The topological polar surface area (TPSA) is 178 Å². The third-order valence-electron chi connectivity index (χ3n) is 5.98. The molecular formula is C23H43N7O4. The van der Waals surface area contributed by atoms with Crippen LogP contribution in [0.25, 0.3) is 0 Å². The van der Waals surface area contributed by atoms with E-state index in [0.29, 0.717) is 38.8 Å². The van der Waals surface area contributed by atoms with E-state index >= 15 is 0 Å². The van der Waals surface area contributed by atoms with Crippen molar-refractivity contribution >= 4 is 29.6 Å². The quantitative estimate of drug-likeness (QED) is 0.155. The number of hydrogen-bond acceptors (Lipinski definition) is 5. The molecule has 11 heteroatoms. The first-order chi connectivity index (χ1) is 16.0. The number of carbonyl (C=O) groups excluding carboxylic acids is 4. The van der Waals surface area contributed by atoms with Gasteiger partial charge in [0.05, 0.1) is 0 Å². The van der Waals surface area contributed by atoms with E-state index in [2.05, 4.69) is 26.6 Å². The van der Waals surface area contributed by atoms with Crippen LogP contribution in [-0.4, -0.2) is 60.3 Å². The molecule has 11 nitrogen and oxygen atoms in total. The number of rotatable bonds is 7. The van der Waals surface area contributed by atoms with Crippen LogP contribution in [0.3, 0.4) is 0 Å². The summed E-state index contributed by atoms with van der Waals surface area (Å²) in [5.74, 6) is -1.85. The number of amides is 4. The SMILES string of the molecule is CC[C@@H]1NC(=O)[C@H](CCCNC(=N)N)NC(=O)[C@](C)(NC(=O)C(C)C)CCCCCCNC1=O. The second kappa shape index (κ2) is 14.4. The third kappa shape index (κ3) is 9.96. The highest BCUT2D eigenvalue weighted by Crippen LogP contribution is 2.18. The predicted molar refractivity (Wildman–Crippen MR) is 131 cm³/mol. The maximum atomic E-state index is 13.4. The number of nitrogens with two attached hydrogens (primary N) is 1. The molecule has 1 saturated heterocycles. The van der Waals surface area contributed by atoms with E-state index in [1.165, 1.54) is 0 Å². The molecule has 1 fully saturated rings. The van der Waals surface area contributed by atoms with Crippen LogP contribution in [0.2, 0.25) is 0 Å². The summed E-state index contributed by atoms with van der Waals surface area (Å²) in [6, 6.07) is -1.62. The van der Waals surface area contributed by atoms with Gasteiger partial charge in [-0.15, -0.1) is 0 Å². The van der Waals surface area contributed by atoms with Crippen molar-refractivity contribution in [3.05, 3.63) is 0 Å². The molecule has 0 radical (unpaired) electrons. The Morgan fingerprint density at radius 1 is 1.12 bits per heavy atom. The number of hydrogen-bond donors (Lipinski definition) is 7. The van der Waals surface area contributed by atoms with Crippen molar-refractivity contribution in [1.82, 2.24) is 26.6 Å². The number of nitrogens with one attached hydrogen (secondary N) is 6. The van der Waals surface area contributed by atoms with Gasteiger partial charge in [-0.3, -0.25) is 24.6 Å². The van der Waals surface area contributed by atoms with Crippen LogP contribution < -0.4 is 32.3 Å². The zero-order valence-electron chi connectivity index (χ0n) is 21.0. The standard InChI is InChI=1S/C23H43N7O4/c1-5-16-19(32)26-13-9-7-6-8-12-23(4,30-18(31)15(2)3)21(34)29-17(20(33)28-16)11-10-14-27-22(24)25/h15-17H,5-14H2,1-4H3,(H,26,32)(H,28,33)(H,29,34)(H,30,31)(H4,24,25,27)/t16-,17-,23+/m0/s1. The molecule has 1 aliphatic heterocycles. The Bertz CT molecular complexity index is 728. The van der Waals surface area contributed by atoms with Gasteiger partial charge >= 0.3 is 0 Å². The Kier molecular flexibility index (Phi) is 12.4. The second-order valence-corrected chi connectivity index (χ2v) is 9.41. The van der Waals surface area contributed by atoms with Gasteiger partial charge in [-0.1, -0.05) is 40.0 Å². The Morgan fingerprint density at radius 3 is 2.41 bits per heavy atom. The summed E-state index contributed by atoms with van der Waals surface area (Å²) in [5, 5.41) is 21.3. The summed E-state index contributed by atoms with van der Waals surface area (Å²) in [4.78, 5) is 51.5. The monoisotopic (exact) mass is 481 g/mol. The average molecular weight is 482 g/mol. The lowest BCUT2D eigenvalue weighted by Gasteiger charge is -2.32. The van der Waals surface area contributed by atoms with Crippen molar-refractivity contribution in [2.45, 2.75) is 96.7 Å². The van der Waals surface area contributed by atoms with Gasteiger partial charge in [0.15, 0.2) is 5.96 Å². The molecule has 8 N–H and O–H groups in total. The molecular weight excluding hydrogens is 438 g/mol. The van der Waals surface area contributed by atoms with Crippen molar-refractivity contribution in [2.75, 3.05) is 13.1 Å². The summed E-state index contributed by atoms with van der Waals surface area (Å²) in [6.45, 7) is 7.89.